The average molecular weight is 331 g/mol. The van der Waals surface area contributed by atoms with E-state index in [0.29, 0.717) is 12.4 Å². The zero-order chi connectivity index (χ0) is 17.6. The van der Waals surface area contributed by atoms with Crippen LogP contribution in [0.25, 0.3) is 6.08 Å². The number of rotatable bonds is 5. The second-order valence-corrected chi connectivity index (χ2v) is 6.05. The Morgan fingerprint density at radius 2 is 1.80 bits per heavy atom. The number of nitrogens with one attached hydrogen (secondary N) is 1. The lowest BCUT2D eigenvalue weighted by Crippen LogP contribution is -2.13. The molecule has 126 valence electrons. The first kappa shape index (κ1) is 16.7. The normalized spacial score (nSPS) is 11.0. The highest BCUT2D eigenvalue weighted by Crippen LogP contribution is 2.13. The van der Waals surface area contributed by atoms with Crippen LogP contribution >= 0.6 is 0 Å². The molecule has 1 amide bonds. The summed E-state index contributed by atoms with van der Waals surface area (Å²) in [4.78, 5) is 12.2. The van der Waals surface area contributed by atoms with Crippen molar-refractivity contribution in [3.8, 4) is 0 Å². The van der Waals surface area contributed by atoms with Crippen LogP contribution in [0.1, 0.15) is 22.4 Å². The summed E-state index contributed by atoms with van der Waals surface area (Å²) in [5.41, 5.74) is 4.20. The minimum Gasteiger partial charge on any atom is -0.307 e. The van der Waals surface area contributed by atoms with Crippen LogP contribution in [0.15, 0.2) is 66.7 Å². The first-order valence-electron chi connectivity index (χ1n) is 8.24. The molecule has 0 atom stereocenters. The molecule has 4 nitrogen and oxygen atoms in total. The fraction of sp³-hybridized carbons (Fsp3) is 0.143. The number of carbonyl (C=O) groups is 1. The number of aromatic nitrogens is 2. The zero-order valence-electron chi connectivity index (χ0n) is 14.4. The van der Waals surface area contributed by atoms with Gasteiger partial charge in [0.05, 0.1) is 12.2 Å². The maximum atomic E-state index is 12.2. The van der Waals surface area contributed by atoms with Crippen LogP contribution in [0.5, 0.6) is 0 Å². The lowest BCUT2D eigenvalue weighted by Gasteiger charge is -2.07. The largest absolute Gasteiger partial charge is 0.307 e. The van der Waals surface area contributed by atoms with Gasteiger partial charge in [-0.05, 0) is 31.1 Å². The number of aryl methyl sites for hydroxylation is 2. The number of benzene rings is 2. The van der Waals surface area contributed by atoms with Crippen molar-refractivity contribution in [2.75, 3.05) is 5.32 Å². The van der Waals surface area contributed by atoms with E-state index < -0.39 is 0 Å². The highest BCUT2D eigenvalue weighted by Gasteiger charge is 2.08. The molecule has 25 heavy (non-hydrogen) atoms. The molecule has 0 saturated carbocycles. The molecular weight excluding hydrogens is 310 g/mol. The second kappa shape index (κ2) is 7.62. The highest BCUT2D eigenvalue weighted by molar-refractivity contribution is 6.01. The summed E-state index contributed by atoms with van der Waals surface area (Å²) in [6.45, 7) is 4.57. The number of carbonyl (C=O) groups excluding carboxylic acids is 1. The topological polar surface area (TPSA) is 46.9 Å². The number of hydrogen-bond acceptors (Lipinski definition) is 2. The standard InChI is InChI=1S/C21H21N3O/c1-16-8-10-18(11-9-16)12-13-21(25)22-20-14-17(2)23-24(20)15-19-6-4-3-5-7-19/h3-14H,15H2,1-2H3,(H,22,25)/b13-12+. The van der Waals surface area contributed by atoms with Crippen molar-refractivity contribution in [2.24, 2.45) is 0 Å². The van der Waals surface area contributed by atoms with Crippen LogP contribution in [-0.2, 0) is 11.3 Å². The Bertz CT molecular complexity index is 877. The molecule has 0 bridgehead atoms. The van der Waals surface area contributed by atoms with Gasteiger partial charge in [0.2, 0.25) is 5.91 Å². The summed E-state index contributed by atoms with van der Waals surface area (Å²) in [7, 11) is 0. The van der Waals surface area contributed by atoms with Gasteiger partial charge in [-0.25, -0.2) is 4.68 Å². The predicted octanol–water partition coefficient (Wildman–Crippen LogP) is 4.20. The first-order valence-corrected chi connectivity index (χ1v) is 8.24. The van der Waals surface area contributed by atoms with Crippen LogP contribution in [0.4, 0.5) is 5.82 Å². The minimum absolute atomic E-state index is 0.171. The van der Waals surface area contributed by atoms with Crippen LogP contribution < -0.4 is 5.32 Å². The Hall–Kier alpha value is -3.14. The molecule has 0 unspecified atom stereocenters. The number of anilines is 1. The van der Waals surface area contributed by atoms with Gasteiger partial charge in [0.25, 0.3) is 0 Å². The molecule has 3 aromatic rings. The summed E-state index contributed by atoms with van der Waals surface area (Å²) in [5.74, 6) is 0.523. The van der Waals surface area contributed by atoms with Crippen LogP contribution in [0.2, 0.25) is 0 Å². The summed E-state index contributed by atoms with van der Waals surface area (Å²) in [5, 5.41) is 7.37. The van der Waals surface area contributed by atoms with Gasteiger partial charge in [-0.2, -0.15) is 5.10 Å². The quantitative estimate of drug-likeness (QED) is 0.712. The third-order valence-corrected chi connectivity index (χ3v) is 3.83. The van der Waals surface area contributed by atoms with Crippen LogP contribution in [-0.4, -0.2) is 15.7 Å². The minimum atomic E-state index is -0.171. The Kier molecular flexibility index (Phi) is 5.09. The molecule has 1 aromatic heterocycles. The molecule has 1 heterocycles. The van der Waals surface area contributed by atoms with E-state index >= 15 is 0 Å². The molecule has 0 spiro atoms. The molecule has 0 radical (unpaired) electrons. The lowest BCUT2D eigenvalue weighted by atomic mass is 10.1. The molecule has 0 aliphatic heterocycles. The SMILES string of the molecule is Cc1ccc(/C=C/C(=O)Nc2cc(C)nn2Cc2ccccc2)cc1. The Morgan fingerprint density at radius 3 is 2.52 bits per heavy atom. The maximum Gasteiger partial charge on any atom is 0.249 e. The van der Waals surface area contributed by atoms with E-state index in [2.05, 4.69) is 10.4 Å². The van der Waals surface area contributed by atoms with E-state index in [0.717, 1.165) is 16.8 Å². The van der Waals surface area contributed by atoms with Gasteiger partial charge in [0.15, 0.2) is 0 Å². The lowest BCUT2D eigenvalue weighted by molar-refractivity contribution is -0.111. The molecule has 4 heteroatoms. The van der Waals surface area contributed by atoms with E-state index in [1.165, 1.54) is 5.56 Å². The summed E-state index contributed by atoms with van der Waals surface area (Å²) in [6, 6.07) is 20.0. The van der Waals surface area contributed by atoms with Crippen molar-refractivity contribution >= 4 is 17.8 Å². The third kappa shape index (κ3) is 4.67. The van der Waals surface area contributed by atoms with Crippen molar-refractivity contribution < 1.29 is 4.79 Å². The van der Waals surface area contributed by atoms with E-state index in [4.69, 9.17) is 0 Å². The average Bonchev–Trinajstić information content (AvgIpc) is 2.94. The van der Waals surface area contributed by atoms with Gasteiger partial charge in [0, 0.05) is 12.1 Å². The van der Waals surface area contributed by atoms with E-state index in [1.54, 1.807) is 12.2 Å². The fourth-order valence-corrected chi connectivity index (χ4v) is 2.54. The Labute approximate surface area is 147 Å². The van der Waals surface area contributed by atoms with E-state index in [9.17, 15) is 4.79 Å². The van der Waals surface area contributed by atoms with E-state index in [1.807, 2.05) is 79.2 Å². The highest BCUT2D eigenvalue weighted by atomic mass is 16.1. The van der Waals surface area contributed by atoms with Crippen molar-refractivity contribution in [2.45, 2.75) is 20.4 Å². The molecule has 0 saturated heterocycles. The van der Waals surface area contributed by atoms with Gasteiger partial charge in [-0.15, -0.1) is 0 Å². The van der Waals surface area contributed by atoms with Crippen molar-refractivity contribution in [3.63, 3.8) is 0 Å². The molecular formula is C21H21N3O. The van der Waals surface area contributed by atoms with Crippen LogP contribution in [0.3, 0.4) is 0 Å². The van der Waals surface area contributed by atoms with Crippen molar-refractivity contribution in [1.82, 2.24) is 9.78 Å². The van der Waals surface area contributed by atoms with Gasteiger partial charge in [0.1, 0.15) is 5.82 Å². The zero-order valence-corrected chi connectivity index (χ0v) is 14.4. The Morgan fingerprint density at radius 1 is 1.08 bits per heavy atom. The summed E-state index contributed by atoms with van der Waals surface area (Å²) < 4.78 is 1.81. The second-order valence-electron chi connectivity index (χ2n) is 6.05. The molecule has 3 rings (SSSR count). The first-order chi connectivity index (χ1) is 12.1. The third-order valence-electron chi connectivity index (χ3n) is 3.83. The molecule has 0 fully saturated rings. The predicted molar refractivity (Wildman–Crippen MR) is 101 cm³/mol. The Balaban J connectivity index is 1.70. The number of nitrogens with zero attached hydrogens (tertiary/aromatic N) is 2. The fourth-order valence-electron chi connectivity index (χ4n) is 2.54. The van der Waals surface area contributed by atoms with Crippen molar-refractivity contribution in [3.05, 3.63) is 89.1 Å². The van der Waals surface area contributed by atoms with Crippen molar-refractivity contribution in [1.29, 1.82) is 0 Å². The van der Waals surface area contributed by atoms with Gasteiger partial charge >= 0.3 is 0 Å². The van der Waals surface area contributed by atoms with E-state index in [-0.39, 0.29) is 5.91 Å². The van der Waals surface area contributed by atoms with Crippen LogP contribution in [0, 0.1) is 13.8 Å². The molecule has 2 aromatic carbocycles. The monoisotopic (exact) mass is 331 g/mol. The van der Waals surface area contributed by atoms with Gasteiger partial charge < -0.3 is 5.32 Å². The number of hydrogen-bond donors (Lipinski definition) is 1. The molecule has 0 aliphatic carbocycles. The molecule has 0 aliphatic rings. The smallest absolute Gasteiger partial charge is 0.249 e. The van der Waals surface area contributed by atoms with Gasteiger partial charge in [-0.3, -0.25) is 4.79 Å². The number of amides is 1. The van der Waals surface area contributed by atoms with Gasteiger partial charge in [-0.1, -0.05) is 60.2 Å². The maximum absolute atomic E-state index is 12.2. The summed E-state index contributed by atoms with van der Waals surface area (Å²) in [6.07, 6.45) is 3.35. The summed E-state index contributed by atoms with van der Waals surface area (Å²) >= 11 is 0. The molecule has 1 N–H and O–H groups in total.